The Morgan fingerprint density at radius 2 is 2.21 bits per heavy atom. The zero-order valence-corrected chi connectivity index (χ0v) is 12.0. The van der Waals surface area contributed by atoms with Crippen LogP contribution in [0.1, 0.15) is 36.9 Å². The van der Waals surface area contributed by atoms with E-state index in [-0.39, 0.29) is 0 Å². The van der Waals surface area contributed by atoms with Gasteiger partial charge in [0.25, 0.3) is 0 Å². The number of aryl methyl sites for hydroxylation is 1. The van der Waals surface area contributed by atoms with Crippen molar-refractivity contribution in [1.29, 1.82) is 5.26 Å². The molecule has 19 heavy (non-hydrogen) atoms. The Morgan fingerprint density at radius 3 is 2.84 bits per heavy atom. The van der Waals surface area contributed by atoms with Crippen molar-refractivity contribution in [2.75, 3.05) is 20.1 Å². The molecule has 1 aromatic heterocycles. The van der Waals surface area contributed by atoms with E-state index in [1.165, 1.54) is 31.2 Å². The Labute approximate surface area is 116 Å². The second-order valence-corrected chi connectivity index (χ2v) is 5.55. The number of likely N-dealkylation sites (N-methyl/N-ethyl adjacent to an activating group) is 1. The van der Waals surface area contributed by atoms with Gasteiger partial charge in [0.2, 0.25) is 0 Å². The second-order valence-electron chi connectivity index (χ2n) is 5.55. The van der Waals surface area contributed by atoms with Crippen molar-refractivity contribution >= 4 is 0 Å². The standard InChI is InChI=1S/C15H24N4/c1-18(14-5-3-4-6-14)8-7-17-11-13-9-15(10-16)19(2)12-13/h9,12,14,17H,3-8,11H2,1-2H3. The number of nitrogens with one attached hydrogen (secondary N) is 1. The summed E-state index contributed by atoms with van der Waals surface area (Å²) in [7, 11) is 4.14. The van der Waals surface area contributed by atoms with Crippen molar-refractivity contribution in [1.82, 2.24) is 14.8 Å². The van der Waals surface area contributed by atoms with Crippen molar-refractivity contribution in [3.63, 3.8) is 0 Å². The number of nitrogens with zero attached hydrogens (tertiary/aromatic N) is 3. The first kappa shape index (κ1) is 14.1. The monoisotopic (exact) mass is 260 g/mol. The Morgan fingerprint density at radius 1 is 1.47 bits per heavy atom. The van der Waals surface area contributed by atoms with E-state index < -0.39 is 0 Å². The summed E-state index contributed by atoms with van der Waals surface area (Å²) >= 11 is 0. The molecule has 0 amide bonds. The SMILES string of the molecule is CN(CCNCc1cc(C#N)n(C)c1)C1CCCC1. The predicted molar refractivity (Wildman–Crippen MR) is 76.7 cm³/mol. The van der Waals surface area contributed by atoms with E-state index in [0.29, 0.717) is 0 Å². The van der Waals surface area contributed by atoms with Crippen LogP contribution in [-0.2, 0) is 13.6 Å². The van der Waals surface area contributed by atoms with Crippen LogP contribution in [0, 0.1) is 11.3 Å². The Bertz CT molecular complexity index is 437. The van der Waals surface area contributed by atoms with Crippen molar-refractivity contribution in [2.24, 2.45) is 7.05 Å². The molecule has 1 saturated carbocycles. The van der Waals surface area contributed by atoms with E-state index in [0.717, 1.165) is 31.4 Å². The van der Waals surface area contributed by atoms with Crippen LogP contribution in [0.3, 0.4) is 0 Å². The first-order chi connectivity index (χ1) is 9.20. The first-order valence-corrected chi connectivity index (χ1v) is 7.17. The lowest BCUT2D eigenvalue weighted by molar-refractivity contribution is 0.245. The summed E-state index contributed by atoms with van der Waals surface area (Å²) in [6.07, 6.45) is 7.53. The summed E-state index contributed by atoms with van der Waals surface area (Å²) in [5, 5.41) is 12.4. The molecule has 0 aromatic carbocycles. The van der Waals surface area contributed by atoms with Crippen molar-refractivity contribution in [3.05, 3.63) is 23.5 Å². The van der Waals surface area contributed by atoms with Gasteiger partial charge in [-0.25, -0.2) is 0 Å². The highest BCUT2D eigenvalue weighted by Crippen LogP contribution is 2.21. The van der Waals surface area contributed by atoms with Gasteiger partial charge in [0.15, 0.2) is 0 Å². The normalized spacial score (nSPS) is 16.1. The van der Waals surface area contributed by atoms with E-state index >= 15 is 0 Å². The van der Waals surface area contributed by atoms with E-state index in [9.17, 15) is 0 Å². The second kappa shape index (κ2) is 6.74. The number of aromatic nitrogens is 1. The molecule has 0 atom stereocenters. The minimum Gasteiger partial charge on any atom is -0.342 e. The number of hydrogen-bond acceptors (Lipinski definition) is 3. The van der Waals surface area contributed by atoms with Gasteiger partial charge >= 0.3 is 0 Å². The predicted octanol–water partition coefficient (Wildman–Crippen LogP) is 1.86. The lowest BCUT2D eigenvalue weighted by Gasteiger charge is -2.23. The van der Waals surface area contributed by atoms with Gasteiger partial charge in [0, 0.05) is 38.9 Å². The third-order valence-electron chi connectivity index (χ3n) is 4.09. The van der Waals surface area contributed by atoms with E-state index in [4.69, 9.17) is 5.26 Å². The highest BCUT2D eigenvalue weighted by Gasteiger charge is 2.18. The summed E-state index contributed by atoms with van der Waals surface area (Å²) < 4.78 is 1.88. The van der Waals surface area contributed by atoms with Gasteiger partial charge in [-0.2, -0.15) is 5.26 Å². The molecule has 1 aromatic rings. The molecular weight excluding hydrogens is 236 g/mol. The molecule has 1 N–H and O–H groups in total. The fraction of sp³-hybridized carbons (Fsp3) is 0.667. The zero-order chi connectivity index (χ0) is 13.7. The molecule has 1 aliphatic carbocycles. The van der Waals surface area contributed by atoms with Gasteiger partial charge in [-0.15, -0.1) is 0 Å². The van der Waals surface area contributed by atoms with Gasteiger partial charge in [-0.05, 0) is 31.5 Å². The Hall–Kier alpha value is -1.31. The molecule has 0 unspecified atom stereocenters. The first-order valence-electron chi connectivity index (χ1n) is 7.17. The fourth-order valence-electron chi connectivity index (χ4n) is 2.86. The maximum absolute atomic E-state index is 8.90. The largest absolute Gasteiger partial charge is 0.342 e. The lowest BCUT2D eigenvalue weighted by Crippen LogP contribution is -2.35. The van der Waals surface area contributed by atoms with Crippen LogP contribution in [0.5, 0.6) is 0 Å². The van der Waals surface area contributed by atoms with E-state index in [1.54, 1.807) is 0 Å². The van der Waals surface area contributed by atoms with Crippen molar-refractivity contribution in [2.45, 2.75) is 38.3 Å². The average molecular weight is 260 g/mol. The van der Waals surface area contributed by atoms with Crippen LogP contribution in [0.25, 0.3) is 0 Å². The van der Waals surface area contributed by atoms with Gasteiger partial charge in [0.05, 0.1) is 0 Å². The maximum atomic E-state index is 8.90. The highest BCUT2D eigenvalue weighted by molar-refractivity contribution is 5.28. The molecule has 104 valence electrons. The average Bonchev–Trinajstić information content (AvgIpc) is 3.03. The third kappa shape index (κ3) is 3.82. The quantitative estimate of drug-likeness (QED) is 0.794. The van der Waals surface area contributed by atoms with Crippen LogP contribution in [0.4, 0.5) is 0 Å². The smallest absolute Gasteiger partial charge is 0.120 e. The molecule has 0 saturated heterocycles. The Kier molecular flexibility index (Phi) is 5.00. The van der Waals surface area contributed by atoms with Gasteiger partial charge in [0.1, 0.15) is 11.8 Å². The van der Waals surface area contributed by atoms with Crippen LogP contribution in [0.15, 0.2) is 12.3 Å². The topological polar surface area (TPSA) is 44.0 Å². The summed E-state index contributed by atoms with van der Waals surface area (Å²) in [5.74, 6) is 0. The molecule has 4 heteroatoms. The van der Waals surface area contributed by atoms with Crippen molar-refractivity contribution in [3.8, 4) is 6.07 Å². The molecule has 0 radical (unpaired) electrons. The number of hydrogen-bond donors (Lipinski definition) is 1. The van der Waals surface area contributed by atoms with Crippen molar-refractivity contribution < 1.29 is 0 Å². The molecule has 1 fully saturated rings. The summed E-state index contributed by atoms with van der Waals surface area (Å²) in [5.41, 5.74) is 1.91. The van der Waals surface area contributed by atoms with Crippen LogP contribution in [-0.4, -0.2) is 35.6 Å². The summed E-state index contributed by atoms with van der Waals surface area (Å²) in [4.78, 5) is 2.48. The zero-order valence-electron chi connectivity index (χ0n) is 12.0. The molecule has 4 nitrogen and oxygen atoms in total. The summed E-state index contributed by atoms with van der Waals surface area (Å²) in [6, 6.07) is 4.94. The molecular formula is C15H24N4. The fourth-order valence-corrected chi connectivity index (χ4v) is 2.86. The van der Waals surface area contributed by atoms with Gasteiger partial charge in [-0.1, -0.05) is 12.8 Å². The number of rotatable bonds is 6. The third-order valence-corrected chi connectivity index (χ3v) is 4.09. The molecule has 0 spiro atoms. The molecule has 1 heterocycles. The summed E-state index contributed by atoms with van der Waals surface area (Å²) in [6.45, 7) is 2.94. The van der Waals surface area contributed by atoms with Crippen LogP contribution in [0.2, 0.25) is 0 Å². The van der Waals surface area contributed by atoms with Crippen LogP contribution >= 0.6 is 0 Å². The Balaban J connectivity index is 1.67. The lowest BCUT2D eigenvalue weighted by atomic mass is 10.2. The van der Waals surface area contributed by atoms with E-state index in [2.05, 4.69) is 23.3 Å². The van der Waals surface area contributed by atoms with Gasteiger partial charge < -0.3 is 14.8 Å². The molecule has 0 bridgehead atoms. The molecule has 2 rings (SSSR count). The molecule has 1 aliphatic rings. The minimum atomic E-state index is 0.722. The molecule has 0 aliphatic heterocycles. The highest BCUT2D eigenvalue weighted by atomic mass is 15.1. The van der Waals surface area contributed by atoms with Gasteiger partial charge in [-0.3, -0.25) is 0 Å². The van der Waals surface area contributed by atoms with Crippen LogP contribution < -0.4 is 5.32 Å². The minimum absolute atomic E-state index is 0.722. The van der Waals surface area contributed by atoms with E-state index in [1.807, 2.05) is 23.9 Å². The number of nitriles is 1. The maximum Gasteiger partial charge on any atom is 0.120 e.